The maximum Gasteiger partial charge on any atom is 0.299 e. The topological polar surface area (TPSA) is 86.0 Å². The Hall–Kier alpha value is 0.0300. The minimum Gasteiger partial charge on any atom is -0.284 e. The van der Waals surface area contributed by atoms with E-state index in [0.717, 1.165) is 0 Å². The highest BCUT2D eigenvalue weighted by Gasteiger charge is 1.62. The summed E-state index contributed by atoms with van der Waals surface area (Å²) in [6, 6.07) is 0. The van der Waals surface area contributed by atoms with Gasteiger partial charge in [0.25, 0.3) is 11.4 Å². The van der Waals surface area contributed by atoms with E-state index in [1.54, 1.807) is 0 Å². The predicted molar refractivity (Wildman–Crippen MR) is 14.1 cm³/mol. The summed E-state index contributed by atoms with van der Waals surface area (Å²) in [4.78, 5) is 0. The monoisotopic (exact) mass is 98.0 g/mol. The van der Waals surface area contributed by atoms with Crippen LogP contribution < -0.4 is 0 Å². The fourth-order valence-electron chi connectivity index (χ4n) is 0. The van der Waals surface area contributed by atoms with Crippen molar-refractivity contribution in [2.24, 2.45) is 0 Å². The highest BCUT2D eigenvalue weighted by atomic mass is 32.2. The van der Waals surface area contributed by atoms with Gasteiger partial charge >= 0.3 is 0 Å². The molecular formula is H2O4S. The lowest BCUT2D eigenvalue weighted by Crippen LogP contribution is -1.74. The fraction of sp³-hybridized carbons (Fsp3) is 0. The average Bonchev–Trinajstić information content (AvgIpc) is 0.811. The van der Waals surface area contributed by atoms with Crippen molar-refractivity contribution in [2.75, 3.05) is 0 Å². The van der Waals surface area contributed by atoms with Crippen LogP contribution in [0.3, 0.4) is 0 Å². The minimum absolute atomic E-state index is 0. The smallest absolute Gasteiger partial charge is 0.284 e. The van der Waals surface area contributed by atoms with Gasteiger partial charge < -0.3 is 0 Å². The van der Waals surface area contributed by atoms with E-state index in [0.29, 0.717) is 0 Å². The molecule has 0 amide bonds. The summed E-state index contributed by atoms with van der Waals surface area (Å²) >= 11 is -2.61. The minimum atomic E-state index is -2.61. The van der Waals surface area contributed by atoms with Crippen molar-refractivity contribution in [3.8, 4) is 0 Å². The van der Waals surface area contributed by atoms with Crippen molar-refractivity contribution in [1.82, 2.24) is 0 Å². The van der Waals surface area contributed by atoms with Crippen molar-refractivity contribution >= 4 is 11.4 Å². The zero-order chi connectivity index (χ0) is 3.58. The lowest BCUT2D eigenvalue weighted by molar-refractivity contribution is 0.454. The molecule has 0 aliphatic rings. The molecule has 0 aromatic heterocycles. The van der Waals surface area contributed by atoms with Gasteiger partial charge in [0.1, 0.15) is 0 Å². The normalized spacial score (nSPS) is 7.00. The zero-order valence-electron chi connectivity index (χ0n) is 2.12. The van der Waals surface area contributed by atoms with E-state index in [-0.39, 0.29) is 5.48 Å². The van der Waals surface area contributed by atoms with E-state index in [4.69, 9.17) is 13.3 Å². The molecule has 0 heterocycles. The Balaban J connectivity index is 0. The third kappa shape index (κ3) is 18500. The molecule has 0 atom stereocenters. The molecule has 5 heavy (non-hydrogen) atoms. The quantitative estimate of drug-likeness (QED) is 0.403. The van der Waals surface area contributed by atoms with Crippen LogP contribution in [0.4, 0.5) is 0 Å². The lowest BCUT2D eigenvalue weighted by atomic mass is 15.8. The van der Waals surface area contributed by atoms with Gasteiger partial charge in [-0.2, -0.15) is 4.21 Å². The molecule has 0 bridgehead atoms. The van der Waals surface area contributed by atoms with Crippen molar-refractivity contribution in [2.45, 2.75) is 0 Å². The molecule has 0 aromatic carbocycles. The molecule has 32 valence electrons. The van der Waals surface area contributed by atoms with Crippen molar-refractivity contribution in [1.29, 1.82) is 0 Å². The summed E-state index contributed by atoms with van der Waals surface area (Å²) in [6.45, 7) is 0. The first-order chi connectivity index (χ1) is 1.73. The van der Waals surface area contributed by atoms with Gasteiger partial charge in [0.2, 0.25) is 0 Å². The summed E-state index contributed by atoms with van der Waals surface area (Å²) in [7, 11) is 0. The van der Waals surface area contributed by atoms with Gasteiger partial charge in [-0.3, -0.25) is 9.11 Å². The highest BCUT2D eigenvalue weighted by molar-refractivity contribution is 7.73. The maximum absolute atomic E-state index is 8.67. The SMILES string of the molecule is O=S(O)O.[O]. The average molecular weight is 98.1 g/mol. The zero-order valence-corrected chi connectivity index (χ0v) is 2.94. The van der Waals surface area contributed by atoms with Gasteiger partial charge in [0.15, 0.2) is 0 Å². The second kappa shape index (κ2) is 4.03. The van der Waals surface area contributed by atoms with Gasteiger partial charge in [-0.05, 0) is 0 Å². The summed E-state index contributed by atoms with van der Waals surface area (Å²) in [5, 5.41) is 0. The van der Waals surface area contributed by atoms with Crippen LogP contribution in [0.25, 0.3) is 0 Å². The number of hydrogen-bond acceptors (Lipinski definition) is 1. The number of hydrogen-bond donors (Lipinski definition) is 2. The molecule has 0 aliphatic carbocycles. The summed E-state index contributed by atoms with van der Waals surface area (Å²) in [5.41, 5.74) is 0. The van der Waals surface area contributed by atoms with Crippen LogP contribution in [-0.2, 0) is 16.8 Å². The van der Waals surface area contributed by atoms with Crippen molar-refractivity contribution in [3.05, 3.63) is 0 Å². The summed E-state index contributed by atoms with van der Waals surface area (Å²) in [5.74, 6) is 0. The van der Waals surface area contributed by atoms with Crippen LogP contribution in [0.1, 0.15) is 0 Å². The van der Waals surface area contributed by atoms with E-state index in [2.05, 4.69) is 0 Å². The Bertz CT molecular complexity index is 26.6. The molecule has 0 aromatic rings. The van der Waals surface area contributed by atoms with Gasteiger partial charge in [0.05, 0.1) is 0 Å². The van der Waals surface area contributed by atoms with Crippen LogP contribution >= 0.6 is 0 Å². The molecule has 2 N–H and O–H groups in total. The fourth-order valence-corrected chi connectivity index (χ4v) is 0. The second-order valence-corrected chi connectivity index (χ2v) is 0.692. The molecule has 0 saturated heterocycles. The number of rotatable bonds is 0. The molecule has 0 spiro atoms. The maximum atomic E-state index is 8.67. The summed E-state index contributed by atoms with van der Waals surface area (Å²) in [6.07, 6.45) is 0. The molecule has 2 radical (unpaired) electrons. The van der Waals surface area contributed by atoms with Crippen LogP contribution in [0.15, 0.2) is 0 Å². The molecule has 0 fully saturated rings. The Labute approximate surface area is 31.2 Å². The van der Waals surface area contributed by atoms with Gasteiger partial charge in [0, 0.05) is 5.48 Å². The van der Waals surface area contributed by atoms with Crippen LogP contribution in [0.2, 0.25) is 0 Å². The van der Waals surface area contributed by atoms with Crippen LogP contribution in [-0.4, -0.2) is 13.3 Å². The molecule has 0 saturated carbocycles. The van der Waals surface area contributed by atoms with Crippen LogP contribution in [0, 0.1) is 0 Å². The van der Waals surface area contributed by atoms with Gasteiger partial charge in [-0.25, -0.2) is 0 Å². The lowest BCUT2D eigenvalue weighted by Gasteiger charge is -1.59. The van der Waals surface area contributed by atoms with Gasteiger partial charge in [-0.1, -0.05) is 0 Å². The summed E-state index contributed by atoms with van der Waals surface area (Å²) < 4.78 is 22.8. The molecule has 0 rings (SSSR count). The molecule has 0 unspecified atom stereocenters. The van der Waals surface area contributed by atoms with Crippen molar-refractivity contribution in [3.63, 3.8) is 0 Å². The van der Waals surface area contributed by atoms with E-state index in [1.165, 1.54) is 0 Å². The standard InChI is InChI=1S/H2O3S.O/c1-4(2)3;/h(H2,1,2,3);. The Morgan fingerprint density at radius 1 is 1.40 bits per heavy atom. The van der Waals surface area contributed by atoms with E-state index in [9.17, 15) is 0 Å². The van der Waals surface area contributed by atoms with E-state index in [1.807, 2.05) is 0 Å². The largest absolute Gasteiger partial charge is 0.299 e. The molecule has 0 aliphatic heterocycles. The third-order valence-corrected chi connectivity index (χ3v) is 0. The first-order valence-electron chi connectivity index (χ1n) is 0.532. The first kappa shape index (κ1) is 8.90. The molecule has 4 nitrogen and oxygen atoms in total. The Morgan fingerprint density at radius 2 is 1.40 bits per heavy atom. The Kier molecular flexibility index (Phi) is 7.17. The molecule has 5 heteroatoms. The first-order valence-corrected chi connectivity index (χ1v) is 1.60. The van der Waals surface area contributed by atoms with E-state index >= 15 is 0 Å². The highest BCUT2D eigenvalue weighted by Crippen LogP contribution is 1.44. The second-order valence-electron chi connectivity index (χ2n) is 0.231. The third-order valence-electron chi connectivity index (χ3n) is 0. The van der Waals surface area contributed by atoms with Crippen LogP contribution in [0.5, 0.6) is 0 Å². The predicted octanol–water partition coefficient (Wildman–Crippen LogP) is -0.438. The van der Waals surface area contributed by atoms with Crippen molar-refractivity contribution < 1.29 is 18.8 Å². The Morgan fingerprint density at radius 3 is 1.40 bits per heavy atom. The van der Waals surface area contributed by atoms with E-state index < -0.39 is 11.4 Å². The van der Waals surface area contributed by atoms with Gasteiger partial charge in [-0.15, -0.1) is 0 Å². The molecular weight excluding hydrogens is 96.1 g/mol.